The summed E-state index contributed by atoms with van der Waals surface area (Å²) in [5, 5.41) is 0. The van der Waals surface area contributed by atoms with E-state index in [2.05, 4.69) is 47.1 Å². The Morgan fingerprint density at radius 2 is 1.05 bits per heavy atom. The van der Waals surface area contributed by atoms with Crippen LogP contribution in [0.5, 0.6) is 0 Å². The van der Waals surface area contributed by atoms with Crippen molar-refractivity contribution in [1.29, 1.82) is 0 Å². The first-order valence-electron chi connectivity index (χ1n) is 5.89. The number of hydrogen-bond donors (Lipinski definition) is 0. The Bertz CT molecular complexity index is 458. The Balaban J connectivity index is 0.000000347. The van der Waals surface area contributed by atoms with E-state index in [0.717, 1.165) is 0 Å². The van der Waals surface area contributed by atoms with E-state index in [9.17, 15) is 0 Å². The van der Waals surface area contributed by atoms with E-state index >= 15 is 0 Å². The van der Waals surface area contributed by atoms with E-state index < -0.39 is 32.9 Å². The molecule has 0 saturated carbocycles. The van der Waals surface area contributed by atoms with Crippen molar-refractivity contribution in [3.63, 3.8) is 0 Å². The van der Waals surface area contributed by atoms with Gasteiger partial charge in [0.25, 0.3) is 0 Å². The molecule has 0 bridgehead atoms. The summed E-state index contributed by atoms with van der Waals surface area (Å²) in [6.07, 6.45) is 0. The summed E-state index contributed by atoms with van der Waals surface area (Å²) in [7, 11) is 0. The molecule has 0 fully saturated rings. The molecule has 0 spiro atoms. The van der Waals surface area contributed by atoms with E-state index in [1.54, 1.807) is 0 Å². The van der Waals surface area contributed by atoms with Crippen molar-refractivity contribution in [3.05, 3.63) is 24.3 Å². The summed E-state index contributed by atoms with van der Waals surface area (Å²) >= 11 is 29.1. The van der Waals surface area contributed by atoms with Crippen molar-refractivity contribution in [1.82, 2.24) is 0 Å². The summed E-state index contributed by atoms with van der Waals surface area (Å²) < 4.78 is -0.166. The molecule has 10 heteroatoms. The van der Waals surface area contributed by atoms with E-state index in [1.807, 2.05) is 0 Å². The number of benzene rings is 1. The Kier molecular flexibility index (Phi) is 6.69. The van der Waals surface area contributed by atoms with Crippen LogP contribution in [0.15, 0.2) is 24.3 Å². The summed E-state index contributed by atoms with van der Waals surface area (Å²) in [4.78, 5) is 0. The third-order valence-electron chi connectivity index (χ3n) is 3.68. The van der Waals surface area contributed by atoms with Gasteiger partial charge in [-0.3, -0.25) is 0 Å². The Morgan fingerprint density at radius 3 is 1.30 bits per heavy atom. The molecular weight excluding hydrogens is 504 g/mol. The van der Waals surface area contributed by atoms with Crippen LogP contribution in [0.4, 0.5) is 0 Å². The van der Waals surface area contributed by atoms with E-state index in [4.69, 9.17) is 68.8 Å². The standard InChI is InChI=1S/C10H16As2BCl2.BCl4/c1-11(2)9-7-5-6-8-10(9)12(3,4)13(11,14)15;2-1(3,4)5/h5-8H,1-4H3;/q+1;-1. The molecule has 114 valence electrons. The van der Waals surface area contributed by atoms with Gasteiger partial charge in [0.1, 0.15) is 0 Å². The van der Waals surface area contributed by atoms with Gasteiger partial charge in [-0.1, -0.05) is 0 Å². The molecule has 2 rings (SSSR count). The molecule has 1 heterocycles. The van der Waals surface area contributed by atoms with Gasteiger partial charge in [-0.05, 0) is 0 Å². The first-order chi connectivity index (χ1) is 8.73. The van der Waals surface area contributed by atoms with E-state index in [1.165, 1.54) is 8.70 Å². The van der Waals surface area contributed by atoms with Gasteiger partial charge >= 0.3 is 112 Å². The van der Waals surface area contributed by atoms with Gasteiger partial charge in [-0.15, -0.1) is 0 Å². The molecule has 1 aliphatic heterocycles. The number of fused-ring (bicyclic) bond motifs is 1. The predicted octanol–water partition coefficient (Wildman–Crippen LogP) is 4.98. The molecular formula is C10H16As2B2Cl6. The minimum atomic E-state index is -2.11. The molecule has 1 aromatic carbocycles. The number of halogens is 6. The van der Waals surface area contributed by atoms with Crippen molar-refractivity contribution in [2.45, 2.75) is 22.8 Å². The van der Waals surface area contributed by atoms with E-state index in [-0.39, 0.29) is 0 Å². The van der Waals surface area contributed by atoms with Crippen molar-refractivity contribution in [2.75, 3.05) is 0 Å². The first-order valence-corrected chi connectivity index (χ1v) is 20.1. The first kappa shape index (κ1) is 20.3. The molecule has 0 aromatic heterocycles. The van der Waals surface area contributed by atoms with Gasteiger partial charge in [0.2, 0.25) is 0 Å². The van der Waals surface area contributed by atoms with Crippen LogP contribution < -0.4 is 8.70 Å². The van der Waals surface area contributed by atoms with Gasteiger partial charge in [0, 0.05) is 0 Å². The molecule has 0 radical (unpaired) electrons. The van der Waals surface area contributed by atoms with Crippen LogP contribution in [0.2, 0.25) is 22.8 Å². The molecule has 0 nitrogen and oxygen atoms in total. The average molecular weight is 520 g/mol. The minimum absolute atomic E-state index is 1.13. The fourth-order valence-electron chi connectivity index (χ4n) is 2.50. The molecule has 0 N–H and O–H groups in total. The van der Waals surface area contributed by atoms with Crippen molar-refractivity contribution < 1.29 is 0 Å². The van der Waals surface area contributed by atoms with Crippen LogP contribution in [0.1, 0.15) is 0 Å². The van der Waals surface area contributed by atoms with E-state index in [0.29, 0.717) is 0 Å². The predicted molar refractivity (Wildman–Crippen MR) is 107 cm³/mol. The molecule has 0 unspecified atom stereocenters. The fraction of sp³-hybridized carbons (Fsp3) is 0.400. The number of rotatable bonds is 0. The van der Waals surface area contributed by atoms with Gasteiger partial charge in [0.15, 0.2) is 0 Å². The quantitative estimate of drug-likeness (QED) is 0.424. The van der Waals surface area contributed by atoms with Gasteiger partial charge in [-0.2, -0.15) is 0 Å². The largest absolute Gasteiger partial charge is 0.332 e. The van der Waals surface area contributed by atoms with Crippen molar-refractivity contribution in [3.8, 4) is 0 Å². The summed E-state index contributed by atoms with van der Waals surface area (Å²) in [5.41, 5.74) is 9.42. The molecule has 0 amide bonds. The second-order valence-electron chi connectivity index (χ2n) is 5.65. The van der Waals surface area contributed by atoms with Crippen LogP contribution in [-0.2, 0) is 0 Å². The Morgan fingerprint density at radius 1 is 0.800 bits per heavy atom. The van der Waals surface area contributed by atoms with Crippen LogP contribution in [0.3, 0.4) is 0 Å². The monoisotopic (exact) mass is 518 g/mol. The van der Waals surface area contributed by atoms with Gasteiger partial charge in [-0.25, -0.2) is 0 Å². The summed E-state index contributed by atoms with van der Waals surface area (Å²) in [6.45, 7) is 0. The zero-order chi connectivity index (χ0) is 16.0. The third kappa shape index (κ3) is 3.99. The zero-order valence-electron chi connectivity index (χ0n) is 11.6. The summed E-state index contributed by atoms with van der Waals surface area (Å²) in [6, 6.07) is 8.78. The fourth-order valence-corrected chi connectivity index (χ4v) is 37.9. The second-order valence-corrected chi connectivity index (χ2v) is 33.9. The SMILES string of the molecule is C[As+]1(C)c2ccccc2[As+](C)(C)[B-]1(Cl)Cl.Cl[B-](Cl)(Cl)Cl. The van der Waals surface area contributed by atoms with Crippen LogP contribution in [-0.4, -0.2) is 32.9 Å². The second kappa shape index (κ2) is 6.61. The normalized spacial score (nSPS) is 21.7. The maximum absolute atomic E-state index is 6.80. The average Bonchev–Trinajstić information content (AvgIpc) is 2.35. The topological polar surface area (TPSA) is 0 Å². The molecule has 0 aliphatic carbocycles. The maximum atomic E-state index is 6.80. The van der Waals surface area contributed by atoms with Crippen LogP contribution in [0.25, 0.3) is 0 Å². The Hall–Kier alpha value is 2.21. The molecule has 1 aromatic rings. The zero-order valence-corrected chi connectivity index (χ0v) is 19.9. The maximum Gasteiger partial charge on any atom is 0.328 e. The van der Waals surface area contributed by atoms with Gasteiger partial charge < -0.3 is 45.8 Å². The van der Waals surface area contributed by atoms with Crippen molar-refractivity contribution in [2.24, 2.45) is 0 Å². The van der Waals surface area contributed by atoms with Crippen molar-refractivity contribution >= 4 is 110 Å². The smallest absolute Gasteiger partial charge is 0.328 e. The van der Waals surface area contributed by atoms with Gasteiger partial charge in [0.05, 0.1) is 0 Å². The Labute approximate surface area is 156 Å². The number of hydrogen-bond acceptors (Lipinski definition) is 0. The molecule has 20 heavy (non-hydrogen) atoms. The molecule has 1 aliphatic rings. The van der Waals surface area contributed by atoms with Crippen LogP contribution in [0, 0.1) is 0 Å². The minimum Gasteiger partial charge on any atom is -0.332 e. The molecule has 0 atom stereocenters. The van der Waals surface area contributed by atoms with Crippen LogP contribution >= 0.6 is 68.8 Å². The molecule has 0 saturated heterocycles. The summed E-state index contributed by atoms with van der Waals surface area (Å²) in [5.74, 6) is 0. The third-order valence-corrected chi connectivity index (χ3v) is 40.6.